The van der Waals surface area contributed by atoms with Gasteiger partial charge in [-0.2, -0.15) is 0 Å². The fraction of sp³-hybridized carbons (Fsp3) is 1.00. The van der Waals surface area contributed by atoms with E-state index in [1.165, 1.54) is 0 Å². The van der Waals surface area contributed by atoms with Crippen molar-refractivity contribution < 1.29 is 9.13 Å². The monoisotopic (exact) mass is 189 g/mol. The minimum Gasteiger partial charge on any atom is -0.377 e. The third-order valence-corrected chi connectivity index (χ3v) is 2.73. The molecule has 0 N–H and O–H groups in total. The fourth-order valence-corrected chi connectivity index (χ4v) is 1.58. The lowest BCUT2D eigenvalue weighted by Crippen LogP contribution is -2.43. The second-order valence-electron chi connectivity index (χ2n) is 4.12. The van der Waals surface area contributed by atoms with Gasteiger partial charge in [0.25, 0.3) is 0 Å². The Morgan fingerprint density at radius 1 is 1.54 bits per heavy atom. The standard InChI is InChI=1S/C10H20FNO/c1-4-10(11)7-12(9(2)3)5-6-13-8-10/h9H,4-8H2,1-3H3/t10-/m0/s1. The van der Waals surface area contributed by atoms with Crippen molar-refractivity contribution in [2.24, 2.45) is 0 Å². The zero-order valence-electron chi connectivity index (χ0n) is 8.85. The SMILES string of the molecule is CC[C@@]1(F)COCCN(C(C)C)C1. The number of hydrogen-bond donors (Lipinski definition) is 0. The summed E-state index contributed by atoms with van der Waals surface area (Å²) in [6, 6.07) is 0.406. The first-order valence-corrected chi connectivity index (χ1v) is 5.08. The molecule has 1 fully saturated rings. The summed E-state index contributed by atoms with van der Waals surface area (Å²) >= 11 is 0. The van der Waals surface area contributed by atoms with Crippen LogP contribution in [0.25, 0.3) is 0 Å². The van der Waals surface area contributed by atoms with Gasteiger partial charge in [-0.3, -0.25) is 4.90 Å². The Labute approximate surface area is 80.1 Å². The molecule has 1 aliphatic heterocycles. The van der Waals surface area contributed by atoms with Crippen molar-refractivity contribution in [1.29, 1.82) is 0 Å². The Bertz CT molecular complexity index is 163. The molecule has 0 aromatic heterocycles. The van der Waals surface area contributed by atoms with Crippen LogP contribution in [0.1, 0.15) is 27.2 Å². The molecule has 2 nitrogen and oxygen atoms in total. The quantitative estimate of drug-likeness (QED) is 0.657. The van der Waals surface area contributed by atoms with Gasteiger partial charge in [0.05, 0.1) is 13.2 Å². The molecule has 0 unspecified atom stereocenters. The van der Waals surface area contributed by atoms with Crippen LogP contribution in [0.15, 0.2) is 0 Å². The molecule has 0 aromatic rings. The topological polar surface area (TPSA) is 12.5 Å². The van der Waals surface area contributed by atoms with Crippen molar-refractivity contribution in [1.82, 2.24) is 4.90 Å². The van der Waals surface area contributed by atoms with Gasteiger partial charge in [-0.25, -0.2) is 4.39 Å². The van der Waals surface area contributed by atoms with Crippen LogP contribution in [0.3, 0.4) is 0 Å². The predicted molar refractivity (Wildman–Crippen MR) is 51.7 cm³/mol. The zero-order valence-corrected chi connectivity index (χ0v) is 8.85. The van der Waals surface area contributed by atoms with Gasteiger partial charge >= 0.3 is 0 Å². The van der Waals surface area contributed by atoms with Crippen molar-refractivity contribution in [3.05, 3.63) is 0 Å². The van der Waals surface area contributed by atoms with E-state index in [2.05, 4.69) is 18.7 Å². The predicted octanol–water partition coefficient (Wildman–Crippen LogP) is 1.85. The van der Waals surface area contributed by atoms with Crippen LogP contribution in [0.4, 0.5) is 4.39 Å². The molecule has 0 radical (unpaired) electrons. The van der Waals surface area contributed by atoms with E-state index in [1.807, 2.05) is 6.92 Å². The highest BCUT2D eigenvalue weighted by molar-refractivity contribution is 4.84. The lowest BCUT2D eigenvalue weighted by molar-refractivity contribution is 0.0281. The van der Waals surface area contributed by atoms with Crippen LogP contribution in [0.2, 0.25) is 0 Å². The highest BCUT2D eigenvalue weighted by Crippen LogP contribution is 2.21. The minimum atomic E-state index is -1.14. The number of alkyl halides is 1. The van der Waals surface area contributed by atoms with E-state index in [0.29, 0.717) is 25.6 Å². The maximum Gasteiger partial charge on any atom is 0.146 e. The van der Waals surface area contributed by atoms with Gasteiger partial charge < -0.3 is 4.74 Å². The van der Waals surface area contributed by atoms with Gasteiger partial charge in [0.1, 0.15) is 5.67 Å². The van der Waals surface area contributed by atoms with E-state index in [0.717, 1.165) is 6.54 Å². The minimum absolute atomic E-state index is 0.257. The highest BCUT2D eigenvalue weighted by Gasteiger charge is 2.33. The highest BCUT2D eigenvalue weighted by atomic mass is 19.1. The number of hydrogen-bond acceptors (Lipinski definition) is 2. The Morgan fingerprint density at radius 2 is 2.23 bits per heavy atom. The Balaban J connectivity index is 2.59. The average molecular weight is 189 g/mol. The number of halogens is 1. The van der Waals surface area contributed by atoms with E-state index >= 15 is 0 Å². The van der Waals surface area contributed by atoms with E-state index in [-0.39, 0.29) is 6.61 Å². The Hall–Kier alpha value is -0.150. The summed E-state index contributed by atoms with van der Waals surface area (Å²) in [6.07, 6.45) is 0.538. The summed E-state index contributed by atoms with van der Waals surface area (Å²) in [5.41, 5.74) is -1.14. The van der Waals surface area contributed by atoms with Crippen molar-refractivity contribution in [3.63, 3.8) is 0 Å². The first-order chi connectivity index (χ1) is 6.07. The third-order valence-electron chi connectivity index (χ3n) is 2.73. The van der Waals surface area contributed by atoms with Crippen LogP contribution in [-0.2, 0) is 4.74 Å². The first-order valence-electron chi connectivity index (χ1n) is 5.08. The molecule has 3 heteroatoms. The van der Waals surface area contributed by atoms with Crippen LogP contribution < -0.4 is 0 Å². The molecule has 0 aliphatic carbocycles. The van der Waals surface area contributed by atoms with Gasteiger partial charge in [0.2, 0.25) is 0 Å². The Morgan fingerprint density at radius 3 is 2.77 bits per heavy atom. The number of rotatable bonds is 2. The molecule has 0 amide bonds. The number of ether oxygens (including phenoxy) is 1. The first kappa shape index (κ1) is 10.9. The second kappa shape index (κ2) is 4.38. The summed E-state index contributed by atoms with van der Waals surface area (Å²) < 4.78 is 19.3. The molecule has 0 spiro atoms. The summed E-state index contributed by atoms with van der Waals surface area (Å²) in [7, 11) is 0. The van der Waals surface area contributed by atoms with Crippen molar-refractivity contribution >= 4 is 0 Å². The summed E-state index contributed by atoms with van der Waals surface area (Å²) in [5.74, 6) is 0. The van der Waals surface area contributed by atoms with Gasteiger partial charge in [0.15, 0.2) is 0 Å². The van der Waals surface area contributed by atoms with Crippen molar-refractivity contribution in [2.75, 3.05) is 26.3 Å². The van der Waals surface area contributed by atoms with Crippen molar-refractivity contribution in [3.8, 4) is 0 Å². The van der Waals surface area contributed by atoms with Gasteiger partial charge in [-0.15, -0.1) is 0 Å². The lowest BCUT2D eigenvalue weighted by atomic mass is 10.0. The molecule has 1 heterocycles. The summed E-state index contributed by atoms with van der Waals surface area (Å²) in [5, 5.41) is 0. The lowest BCUT2D eigenvalue weighted by Gasteiger charge is -2.30. The van der Waals surface area contributed by atoms with Crippen LogP contribution in [-0.4, -0.2) is 42.9 Å². The van der Waals surface area contributed by atoms with E-state index < -0.39 is 5.67 Å². The molecule has 0 aromatic carbocycles. The number of nitrogens with zero attached hydrogens (tertiary/aromatic N) is 1. The van der Waals surface area contributed by atoms with Crippen LogP contribution in [0, 0.1) is 0 Å². The molecule has 1 atom stereocenters. The molecule has 0 bridgehead atoms. The summed E-state index contributed by atoms with van der Waals surface area (Å²) in [6.45, 7) is 8.36. The molecule has 78 valence electrons. The van der Waals surface area contributed by atoms with Crippen LogP contribution >= 0.6 is 0 Å². The molecule has 1 saturated heterocycles. The van der Waals surface area contributed by atoms with Gasteiger partial charge in [0, 0.05) is 19.1 Å². The zero-order chi connectivity index (χ0) is 9.90. The summed E-state index contributed by atoms with van der Waals surface area (Å²) in [4.78, 5) is 2.15. The molecule has 0 saturated carbocycles. The second-order valence-corrected chi connectivity index (χ2v) is 4.12. The maximum absolute atomic E-state index is 14.0. The molecule has 1 rings (SSSR count). The maximum atomic E-state index is 14.0. The third kappa shape index (κ3) is 2.92. The molecular formula is C10H20FNO. The van der Waals surface area contributed by atoms with Crippen molar-refractivity contribution in [2.45, 2.75) is 38.9 Å². The van der Waals surface area contributed by atoms with E-state index in [4.69, 9.17) is 4.74 Å². The fourth-order valence-electron chi connectivity index (χ4n) is 1.58. The largest absolute Gasteiger partial charge is 0.377 e. The molecule has 13 heavy (non-hydrogen) atoms. The van der Waals surface area contributed by atoms with Crippen LogP contribution in [0.5, 0.6) is 0 Å². The Kier molecular flexibility index (Phi) is 3.68. The van der Waals surface area contributed by atoms with E-state index in [9.17, 15) is 4.39 Å². The molecule has 1 aliphatic rings. The van der Waals surface area contributed by atoms with Gasteiger partial charge in [-0.05, 0) is 20.3 Å². The average Bonchev–Trinajstić information content (AvgIpc) is 2.28. The van der Waals surface area contributed by atoms with E-state index in [1.54, 1.807) is 0 Å². The smallest absolute Gasteiger partial charge is 0.146 e. The normalized spacial score (nSPS) is 32.1. The molecular weight excluding hydrogens is 169 g/mol. The van der Waals surface area contributed by atoms with Gasteiger partial charge in [-0.1, -0.05) is 6.92 Å².